The Labute approximate surface area is 116 Å². The Bertz CT molecular complexity index is 569. The fourth-order valence-electron chi connectivity index (χ4n) is 1.44. The van der Waals surface area contributed by atoms with Crippen LogP contribution < -0.4 is 10.1 Å². The molecule has 0 heterocycles. The molecule has 4 nitrogen and oxygen atoms in total. The van der Waals surface area contributed by atoms with Crippen LogP contribution in [0.5, 0.6) is 5.75 Å². The molecule has 0 aliphatic carbocycles. The SMILES string of the molecule is COc1cc([S@@](=N)(=O)C(F)(F)F)ccc1NCC(C)C. The average molecular weight is 310 g/mol. The first-order chi connectivity index (χ1) is 9.09. The van der Waals surface area contributed by atoms with Crippen molar-refractivity contribution >= 4 is 15.4 Å². The monoisotopic (exact) mass is 310 g/mol. The molecule has 1 aromatic carbocycles. The van der Waals surface area contributed by atoms with E-state index in [0.29, 0.717) is 18.2 Å². The molecular formula is C12H17F3N2O2S. The summed E-state index contributed by atoms with van der Waals surface area (Å²) in [5.74, 6) is 0.474. The third-order valence-corrected chi connectivity index (χ3v) is 4.10. The number of ether oxygens (including phenoxy) is 1. The average Bonchev–Trinajstić information content (AvgIpc) is 2.34. The van der Waals surface area contributed by atoms with Crippen molar-refractivity contribution < 1.29 is 22.1 Å². The van der Waals surface area contributed by atoms with E-state index in [2.05, 4.69) is 5.32 Å². The Balaban J connectivity index is 3.17. The van der Waals surface area contributed by atoms with Gasteiger partial charge in [0.25, 0.3) is 0 Å². The summed E-state index contributed by atoms with van der Waals surface area (Å²) in [7, 11) is -3.56. The highest BCUT2D eigenvalue weighted by molar-refractivity contribution is 7.93. The lowest BCUT2D eigenvalue weighted by Crippen LogP contribution is -2.22. The van der Waals surface area contributed by atoms with Crippen LogP contribution in [-0.2, 0) is 9.73 Å². The van der Waals surface area contributed by atoms with E-state index in [1.54, 1.807) is 0 Å². The predicted octanol–water partition coefficient (Wildman–Crippen LogP) is 3.69. The Morgan fingerprint density at radius 2 is 2.00 bits per heavy atom. The molecule has 1 rings (SSSR count). The zero-order valence-electron chi connectivity index (χ0n) is 11.4. The normalized spacial score (nSPS) is 14.9. The van der Waals surface area contributed by atoms with Gasteiger partial charge < -0.3 is 10.1 Å². The lowest BCUT2D eigenvalue weighted by molar-refractivity contribution is -0.0406. The maximum absolute atomic E-state index is 12.6. The van der Waals surface area contributed by atoms with Gasteiger partial charge in [0.15, 0.2) is 9.73 Å². The fourth-order valence-corrected chi connectivity index (χ4v) is 2.24. The minimum Gasteiger partial charge on any atom is -0.495 e. The Hall–Kier alpha value is -1.44. The lowest BCUT2D eigenvalue weighted by atomic mass is 10.2. The number of hydrogen-bond donors (Lipinski definition) is 2. The van der Waals surface area contributed by atoms with E-state index in [1.807, 2.05) is 13.8 Å². The summed E-state index contributed by atoms with van der Waals surface area (Å²) < 4.78 is 61.3. The van der Waals surface area contributed by atoms with Crippen molar-refractivity contribution in [3.8, 4) is 5.75 Å². The Kier molecular flexibility index (Phi) is 4.90. The number of halogens is 3. The van der Waals surface area contributed by atoms with Crippen molar-refractivity contribution in [2.45, 2.75) is 24.3 Å². The highest BCUT2D eigenvalue weighted by Gasteiger charge is 2.43. The smallest absolute Gasteiger partial charge is 0.483 e. The van der Waals surface area contributed by atoms with Crippen molar-refractivity contribution in [3.63, 3.8) is 0 Å². The number of rotatable bonds is 5. The van der Waals surface area contributed by atoms with Gasteiger partial charge >= 0.3 is 5.51 Å². The van der Waals surface area contributed by atoms with E-state index in [0.717, 1.165) is 12.1 Å². The summed E-state index contributed by atoms with van der Waals surface area (Å²) in [4.78, 5) is -0.614. The van der Waals surface area contributed by atoms with Gasteiger partial charge in [-0.3, -0.25) is 0 Å². The predicted molar refractivity (Wildman–Crippen MR) is 71.5 cm³/mol. The van der Waals surface area contributed by atoms with Crippen molar-refractivity contribution in [1.29, 1.82) is 4.78 Å². The quantitative estimate of drug-likeness (QED) is 0.872. The summed E-state index contributed by atoms with van der Waals surface area (Å²) >= 11 is 0. The van der Waals surface area contributed by atoms with Crippen LogP contribution in [0.2, 0.25) is 0 Å². The van der Waals surface area contributed by atoms with E-state index < -0.39 is 20.1 Å². The second kappa shape index (κ2) is 5.90. The number of alkyl halides is 3. The van der Waals surface area contributed by atoms with Crippen LogP contribution in [-0.4, -0.2) is 23.4 Å². The molecule has 1 atom stereocenters. The second-order valence-electron chi connectivity index (χ2n) is 4.64. The zero-order chi connectivity index (χ0) is 15.6. The number of nitrogens with one attached hydrogen (secondary N) is 2. The van der Waals surface area contributed by atoms with Gasteiger partial charge in [0.1, 0.15) is 5.75 Å². The minimum absolute atomic E-state index is 0.132. The van der Waals surface area contributed by atoms with Gasteiger partial charge in [-0.05, 0) is 24.1 Å². The molecule has 0 aliphatic heterocycles. The van der Waals surface area contributed by atoms with Crippen molar-refractivity contribution in [2.75, 3.05) is 19.0 Å². The molecule has 0 unspecified atom stereocenters. The lowest BCUT2D eigenvalue weighted by Gasteiger charge is -2.16. The van der Waals surface area contributed by atoms with Crippen LogP contribution in [0.25, 0.3) is 0 Å². The molecule has 0 saturated heterocycles. The second-order valence-corrected chi connectivity index (χ2v) is 6.69. The molecule has 1 aromatic rings. The molecule has 0 spiro atoms. The molecular weight excluding hydrogens is 293 g/mol. The molecule has 0 fully saturated rings. The van der Waals surface area contributed by atoms with Crippen molar-refractivity contribution in [2.24, 2.45) is 5.92 Å². The van der Waals surface area contributed by atoms with Crippen LogP contribution in [0, 0.1) is 10.7 Å². The number of benzene rings is 1. The van der Waals surface area contributed by atoms with Crippen molar-refractivity contribution in [3.05, 3.63) is 18.2 Å². The van der Waals surface area contributed by atoms with Crippen molar-refractivity contribution in [1.82, 2.24) is 0 Å². The number of methoxy groups -OCH3 is 1. The molecule has 0 bridgehead atoms. The molecule has 20 heavy (non-hydrogen) atoms. The largest absolute Gasteiger partial charge is 0.495 e. The zero-order valence-corrected chi connectivity index (χ0v) is 12.2. The van der Waals surface area contributed by atoms with Crippen LogP contribution in [0.15, 0.2) is 23.1 Å². The summed E-state index contributed by atoms with van der Waals surface area (Å²) in [5.41, 5.74) is -4.60. The Morgan fingerprint density at radius 1 is 1.40 bits per heavy atom. The summed E-state index contributed by atoms with van der Waals surface area (Å²) in [6, 6.07) is 3.37. The molecule has 0 amide bonds. The number of hydrogen-bond acceptors (Lipinski definition) is 4. The fraction of sp³-hybridized carbons (Fsp3) is 0.500. The molecule has 0 saturated carbocycles. The van der Waals surface area contributed by atoms with Crippen LogP contribution in [0.1, 0.15) is 13.8 Å². The summed E-state index contributed by atoms with van der Waals surface area (Å²) in [6.45, 7) is 4.58. The van der Waals surface area contributed by atoms with Gasteiger partial charge in [-0.25, -0.2) is 8.99 Å². The molecule has 114 valence electrons. The van der Waals surface area contributed by atoms with Gasteiger partial charge in [0, 0.05) is 6.54 Å². The van der Waals surface area contributed by atoms with Crippen LogP contribution in [0.4, 0.5) is 18.9 Å². The minimum atomic E-state index is -5.11. The van der Waals surface area contributed by atoms with E-state index in [4.69, 9.17) is 9.52 Å². The first-order valence-electron chi connectivity index (χ1n) is 5.86. The highest BCUT2D eigenvalue weighted by Crippen LogP contribution is 2.35. The van der Waals surface area contributed by atoms with Crippen LogP contribution in [0.3, 0.4) is 0 Å². The molecule has 0 aromatic heterocycles. The van der Waals surface area contributed by atoms with E-state index in [9.17, 15) is 17.4 Å². The first kappa shape index (κ1) is 16.6. The summed E-state index contributed by atoms with van der Waals surface area (Å²) in [6.07, 6.45) is 0. The third-order valence-electron chi connectivity index (χ3n) is 2.53. The van der Waals surface area contributed by atoms with E-state index in [-0.39, 0.29) is 5.75 Å². The molecule has 0 radical (unpaired) electrons. The highest BCUT2D eigenvalue weighted by atomic mass is 32.2. The van der Waals surface area contributed by atoms with Gasteiger partial charge in [0.2, 0.25) is 0 Å². The van der Waals surface area contributed by atoms with Gasteiger partial charge in [-0.15, -0.1) is 0 Å². The van der Waals surface area contributed by atoms with Gasteiger partial charge in [-0.2, -0.15) is 13.2 Å². The third kappa shape index (κ3) is 3.56. The molecule has 2 N–H and O–H groups in total. The van der Waals surface area contributed by atoms with Gasteiger partial charge in [-0.1, -0.05) is 13.8 Å². The standard InChI is InChI=1S/C12H17F3N2O2S/c1-8(2)7-17-10-5-4-9(6-11(10)19-3)20(16,18)12(13,14)15/h4-6,8,16-17H,7H2,1-3H3/t20-/m1/s1. The molecule has 0 aliphatic rings. The van der Waals surface area contributed by atoms with Crippen LogP contribution >= 0.6 is 0 Å². The topological polar surface area (TPSA) is 62.2 Å². The maximum Gasteiger partial charge on any atom is 0.483 e. The van der Waals surface area contributed by atoms with Gasteiger partial charge in [0.05, 0.1) is 17.7 Å². The summed E-state index contributed by atoms with van der Waals surface area (Å²) in [5, 5.41) is 3.02. The maximum atomic E-state index is 12.6. The molecule has 8 heteroatoms. The Morgan fingerprint density at radius 3 is 2.45 bits per heavy atom. The number of anilines is 1. The van der Waals surface area contributed by atoms with E-state index >= 15 is 0 Å². The first-order valence-corrected chi connectivity index (χ1v) is 7.42. The van der Waals surface area contributed by atoms with E-state index in [1.165, 1.54) is 13.2 Å².